The Bertz CT molecular complexity index is 387. The van der Waals surface area contributed by atoms with Crippen LogP contribution in [-0.2, 0) is 4.79 Å². The van der Waals surface area contributed by atoms with E-state index in [1.54, 1.807) is 0 Å². The van der Waals surface area contributed by atoms with E-state index in [9.17, 15) is 9.90 Å². The van der Waals surface area contributed by atoms with E-state index in [4.69, 9.17) is 0 Å². The summed E-state index contributed by atoms with van der Waals surface area (Å²) in [6, 6.07) is 0.346. The van der Waals surface area contributed by atoms with E-state index < -0.39 is 5.60 Å². The molecule has 0 bridgehead atoms. The second-order valence-electron chi connectivity index (χ2n) is 7.52. The largest absolute Gasteiger partial charge is 0.389 e. The summed E-state index contributed by atoms with van der Waals surface area (Å²) in [6.07, 6.45) is 8.22. The number of hydrogen-bond acceptors (Lipinski definition) is 3. The van der Waals surface area contributed by atoms with Gasteiger partial charge < -0.3 is 15.3 Å². The molecule has 0 aromatic carbocycles. The number of piperidine rings is 2. The second-order valence-corrected chi connectivity index (χ2v) is 7.52. The van der Waals surface area contributed by atoms with Crippen LogP contribution >= 0.6 is 0 Å². The lowest BCUT2D eigenvalue weighted by molar-refractivity contribution is -0.144. The van der Waals surface area contributed by atoms with Gasteiger partial charge in [-0.15, -0.1) is 0 Å². The third-order valence-corrected chi connectivity index (χ3v) is 6.10. The average molecular weight is 294 g/mol. The molecule has 4 atom stereocenters. The van der Waals surface area contributed by atoms with Gasteiger partial charge in [0.15, 0.2) is 0 Å². The van der Waals surface area contributed by atoms with Crippen molar-refractivity contribution in [1.82, 2.24) is 10.2 Å². The highest BCUT2D eigenvalue weighted by Gasteiger charge is 2.43. The summed E-state index contributed by atoms with van der Waals surface area (Å²) >= 11 is 0. The normalized spacial score (nSPS) is 40.7. The van der Waals surface area contributed by atoms with Crippen LogP contribution in [0, 0.1) is 11.8 Å². The van der Waals surface area contributed by atoms with Crippen LogP contribution < -0.4 is 5.32 Å². The van der Waals surface area contributed by atoms with Crippen LogP contribution in [0.3, 0.4) is 0 Å². The highest BCUT2D eigenvalue weighted by atomic mass is 16.3. The smallest absolute Gasteiger partial charge is 0.224 e. The van der Waals surface area contributed by atoms with Gasteiger partial charge in [-0.3, -0.25) is 4.79 Å². The Kier molecular flexibility index (Phi) is 4.55. The fourth-order valence-electron chi connectivity index (χ4n) is 4.50. The number of nitrogens with zero attached hydrogens (tertiary/aromatic N) is 1. The van der Waals surface area contributed by atoms with Crippen molar-refractivity contribution in [2.45, 2.75) is 69.9 Å². The van der Waals surface area contributed by atoms with Gasteiger partial charge in [0.1, 0.15) is 0 Å². The molecule has 2 N–H and O–H groups in total. The molecule has 1 aliphatic carbocycles. The molecule has 120 valence electrons. The maximum Gasteiger partial charge on any atom is 0.224 e. The minimum absolute atomic E-state index is 0.286. The third-order valence-electron chi connectivity index (χ3n) is 6.10. The molecule has 0 aromatic rings. The zero-order valence-electron chi connectivity index (χ0n) is 13.3. The zero-order valence-corrected chi connectivity index (χ0v) is 13.3. The number of aliphatic hydroxyl groups is 1. The molecule has 3 rings (SSSR count). The molecule has 0 spiro atoms. The quantitative estimate of drug-likeness (QED) is 0.818. The van der Waals surface area contributed by atoms with Gasteiger partial charge in [-0.05, 0) is 44.6 Å². The van der Waals surface area contributed by atoms with Crippen molar-refractivity contribution < 1.29 is 9.90 Å². The van der Waals surface area contributed by atoms with E-state index >= 15 is 0 Å². The van der Waals surface area contributed by atoms with Crippen LogP contribution in [0.4, 0.5) is 0 Å². The minimum atomic E-state index is -0.481. The first-order valence-corrected chi connectivity index (χ1v) is 8.82. The van der Waals surface area contributed by atoms with Crippen LogP contribution in [0.25, 0.3) is 0 Å². The number of hydrogen-bond donors (Lipinski definition) is 2. The number of carbonyl (C=O) groups is 1. The van der Waals surface area contributed by atoms with Gasteiger partial charge in [0.2, 0.25) is 5.91 Å². The summed E-state index contributed by atoms with van der Waals surface area (Å²) in [5, 5.41) is 14.2. The van der Waals surface area contributed by atoms with Gasteiger partial charge in [0.25, 0.3) is 0 Å². The number of carbonyl (C=O) groups excluding carboxylic acids is 1. The average Bonchev–Trinajstić information content (AvgIpc) is 2.48. The molecular weight excluding hydrogens is 264 g/mol. The van der Waals surface area contributed by atoms with Gasteiger partial charge in [0, 0.05) is 31.5 Å². The van der Waals surface area contributed by atoms with Crippen molar-refractivity contribution >= 4 is 5.91 Å². The molecule has 0 radical (unpaired) electrons. The summed E-state index contributed by atoms with van der Waals surface area (Å²) in [7, 11) is 0. The van der Waals surface area contributed by atoms with Gasteiger partial charge in [-0.1, -0.05) is 19.8 Å². The summed E-state index contributed by atoms with van der Waals surface area (Å²) in [5.74, 6) is 1.19. The van der Waals surface area contributed by atoms with E-state index in [2.05, 4.69) is 12.2 Å². The minimum Gasteiger partial charge on any atom is -0.389 e. The number of rotatable bonds is 2. The van der Waals surface area contributed by atoms with Crippen LogP contribution in [0.5, 0.6) is 0 Å². The number of fused-ring (bicyclic) bond motifs is 1. The predicted octanol–water partition coefficient (Wildman–Crippen LogP) is 1.92. The lowest BCUT2D eigenvalue weighted by atomic mass is 9.71. The molecule has 2 aliphatic heterocycles. The maximum absolute atomic E-state index is 12.6. The Morgan fingerprint density at radius 1 is 1.29 bits per heavy atom. The number of likely N-dealkylation sites (tertiary alicyclic amines) is 1. The third kappa shape index (κ3) is 3.26. The molecule has 3 aliphatic rings. The molecule has 1 saturated carbocycles. The molecule has 2 heterocycles. The molecule has 4 heteroatoms. The first-order chi connectivity index (χ1) is 10.1. The monoisotopic (exact) mass is 294 g/mol. The van der Waals surface area contributed by atoms with E-state index in [0.29, 0.717) is 24.3 Å². The van der Waals surface area contributed by atoms with Crippen molar-refractivity contribution in [1.29, 1.82) is 0 Å². The van der Waals surface area contributed by atoms with Crippen molar-refractivity contribution in [3.8, 4) is 0 Å². The lowest BCUT2D eigenvalue weighted by Crippen LogP contribution is -2.55. The number of amides is 1. The maximum atomic E-state index is 12.6. The Hall–Kier alpha value is -0.610. The van der Waals surface area contributed by atoms with Crippen molar-refractivity contribution in [2.75, 3.05) is 19.6 Å². The predicted molar refractivity (Wildman–Crippen MR) is 82.9 cm³/mol. The highest BCUT2D eigenvalue weighted by Crippen LogP contribution is 2.40. The molecule has 21 heavy (non-hydrogen) atoms. The Balaban J connectivity index is 1.56. The second kappa shape index (κ2) is 6.25. The van der Waals surface area contributed by atoms with Crippen LogP contribution in [0.1, 0.15) is 58.3 Å². The molecule has 0 aromatic heterocycles. The van der Waals surface area contributed by atoms with Gasteiger partial charge in [0.05, 0.1) is 5.60 Å². The van der Waals surface area contributed by atoms with Crippen molar-refractivity contribution in [2.24, 2.45) is 11.8 Å². The summed E-state index contributed by atoms with van der Waals surface area (Å²) in [5.41, 5.74) is -0.481. The Labute approximate surface area is 128 Å². The van der Waals surface area contributed by atoms with Crippen LogP contribution in [0.15, 0.2) is 0 Å². The Morgan fingerprint density at radius 3 is 2.95 bits per heavy atom. The summed E-state index contributed by atoms with van der Waals surface area (Å²) in [6.45, 7) is 4.81. The van der Waals surface area contributed by atoms with Gasteiger partial charge in [-0.2, -0.15) is 0 Å². The SMILES string of the molecule is CC1CCCNC1CC(=O)N1CCC2(O)CCCCC2C1. The fourth-order valence-corrected chi connectivity index (χ4v) is 4.50. The first-order valence-electron chi connectivity index (χ1n) is 8.82. The summed E-state index contributed by atoms with van der Waals surface area (Å²) < 4.78 is 0. The summed E-state index contributed by atoms with van der Waals surface area (Å²) in [4.78, 5) is 14.6. The molecule has 3 fully saturated rings. The van der Waals surface area contributed by atoms with Gasteiger partial charge in [-0.25, -0.2) is 0 Å². The molecule has 1 amide bonds. The first kappa shape index (κ1) is 15.3. The molecule has 4 nitrogen and oxygen atoms in total. The Morgan fingerprint density at radius 2 is 2.14 bits per heavy atom. The van der Waals surface area contributed by atoms with Crippen LogP contribution in [0.2, 0.25) is 0 Å². The van der Waals surface area contributed by atoms with Gasteiger partial charge >= 0.3 is 0 Å². The molecule has 2 saturated heterocycles. The van der Waals surface area contributed by atoms with E-state index in [1.807, 2.05) is 4.90 Å². The van der Waals surface area contributed by atoms with E-state index in [1.165, 1.54) is 19.3 Å². The lowest BCUT2D eigenvalue weighted by Gasteiger charge is -2.47. The van der Waals surface area contributed by atoms with Crippen molar-refractivity contribution in [3.63, 3.8) is 0 Å². The van der Waals surface area contributed by atoms with Crippen LogP contribution in [-0.4, -0.2) is 47.2 Å². The highest BCUT2D eigenvalue weighted by molar-refractivity contribution is 5.77. The topological polar surface area (TPSA) is 52.6 Å². The van der Waals surface area contributed by atoms with Crippen molar-refractivity contribution in [3.05, 3.63) is 0 Å². The fraction of sp³-hybridized carbons (Fsp3) is 0.941. The molecule has 4 unspecified atom stereocenters. The standard InChI is InChI=1S/C17H30N2O2/c1-13-5-4-9-18-15(13)11-16(20)19-10-8-17(21)7-3-2-6-14(17)12-19/h13-15,18,21H,2-12H2,1H3. The van der Waals surface area contributed by atoms with E-state index in [0.717, 1.165) is 45.3 Å². The van der Waals surface area contributed by atoms with E-state index in [-0.39, 0.29) is 5.91 Å². The number of nitrogens with one attached hydrogen (secondary N) is 1. The zero-order chi connectivity index (χ0) is 14.9. The molecular formula is C17H30N2O2.